The van der Waals surface area contributed by atoms with Crippen molar-refractivity contribution in [3.8, 4) is 17.0 Å². The molecule has 3 rings (SSSR count). The van der Waals surface area contributed by atoms with Crippen molar-refractivity contribution in [2.75, 3.05) is 0 Å². The molecule has 6 heteroatoms. The number of fused-ring (bicyclic) bond motifs is 1. The van der Waals surface area contributed by atoms with Crippen molar-refractivity contribution in [1.82, 2.24) is 4.98 Å². The molecule has 1 aromatic heterocycles. The van der Waals surface area contributed by atoms with Gasteiger partial charge >= 0.3 is 6.18 Å². The van der Waals surface area contributed by atoms with Crippen LogP contribution in [0.5, 0.6) is 5.88 Å². The van der Waals surface area contributed by atoms with Crippen molar-refractivity contribution >= 4 is 16.7 Å². The van der Waals surface area contributed by atoms with Crippen LogP contribution in [-0.2, 0) is 0 Å². The zero-order valence-corrected chi connectivity index (χ0v) is 11.1. The van der Waals surface area contributed by atoms with Crippen LogP contribution < -0.4 is 0 Å². The number of hydrogen-bond donors (Lipinski definition) is 2. The van der Waals surface area contributed by atoms with Crippen LogP contribution in [0.3, 0.4) is 0 Å². The fraction of sp³-hybridized carbons (Fsp3) is 0.0625. The molecule has 0 saturated carbocycles. The minimum Gasteiger partial charge on any atom is -0.495 e. The SMILES string of the molecule is O=C(c1cccc(-c2ccc3cc(O)[nH]c3c2)c1)C(F)(F)F. The third-order valence-electron chi connectivity index (χ3n) is 3.32. The van der Waals surface area contributed by atoms with Crippen molar-refractivity contribution in [3.05, 3.63) is 54.1 Å². The maximum atomic E-state index is 12.5. The molecule has 1 heterocycles. The van der Waals surface area contributed by atoms with Gasteiger partial charge in [-0.15, -0.1) is 0 Å². The number of aromatic amines is 1. The highest BCUT2D eigenvalue weighted by atomic mass is 19.4. The second-order valence-electron chi connectivity index (χ2n) is 4.86. The lowest BCUT2D eigenvalue weighted by atomic mass is 10.0. The van der Waals surface area contributed by atoms with Gasteiger partial charge in [0, 0.05) is 22.5 Å². The van der Waals surface area contributed by atoms with E-state index in [1.165, 1.54) is 12.1 Å². The summed E-state index contributed by atoms with van der Waals surface area (Å²) in [6.07, 6.45) is -4.90. The van der Waals surface area contributed by atoms with Crippen LogP contribution in [0.4, 0.5) is 13.2 Å². The summed E-state index contributed by atoms with van der Waals surface area (Å²) >= 11 is 0. The van der Waals surface area contributed by atoms with Crippen molar-refractivity contribution in [3.63, 3.8) is 0 Å². The first-order valence-electron chi connectivity index (χ1n) is 6.38. The third-order valence-corrected chi connectivity index (χ3v) is 3.32. The van der Waals surface area contributed by atoms with Crippen LogP contribution in [-0.4, -0.2) is 22.1 Å². The Morgan fingerprint density at radius 3 is 2.45 bits per heavy atom. The highest BCUT2D eigenvalue weighted by molar-refractivity contribution is 6.01. The number of benzene rings is 2. The lowest BCUT2D eigenvalue weighted by Gasteiger charge is -2.07. The molecular weight excluding hydrogens is 295 g/mol. The summed E-state index contributed by atoms with van der Waals surface area (Å²) in [5, 5.41) is 10.2. The minimum absolute atomic E-state index is 0.00755. The van der Waals surface area contributed by atoms with E-state index in [-0.39, 0.29) is 5.88 Å². The molecule has 0 unspecified atom stereocenters. The van der Waals surface area contributed by atoms with Gasteiger partial charge in [-0.25, -0.2) is 0 Å². The average molecular weight is 305 g/mol. The molecule has 0 aliphatic heterocycles. The van der Waals surface area contributed by atoms with Crippen molar-refractivity contribution in [2.24, 2.45) is 0 Å². The van der Waals surface area contributed by atoms with E-state index in [1.807, 2.05) is 0 Å². The molecule has 22 heavy (non-hydrogen) atoms. The predicted octanol–water partition coefficient (Wildman–Crippen LogP) is 4.29. The molecular formula is C16H10F3NO2. The first-order valence-corrected chi connectivity index (χ1v) is 6.38. The lowest BCUT2D eigenvalue weighted by Crippen LogP contribution is -2.22. The molecule has 0 saturated heterocycles. The fourth-order valence-electron chi connectivity index (χ4n) is 2.29. The lowest BCUT2D eigenvalue weighted by molar-refractivity contribution is -0.0885. The molecule has 3 nitrogen and oxygen atoms in total. The normalized spacial score (nSPS) is 11.8. The Balaban J connectivity index is 2.05. The Hall–Kier alpha value is -2.76. The van der Waals surface area contributed by atoms with Gasteiger partial charge in [0.05, 0.1) is 0 Å². The molecule has 112 valence electrons. The molecule has 0 bridgehead atoms. The molecule has 0 aliphatic carbocycles. The molecule has 3 aromatic rings. The number of nitrogens with one attached hydrogen (secondary N) is 1. The number of carbonyl (C=O) groups is 1. The summed E-state index contributed by atoms with van der Waals surface area (Å²) in [6.45, 7) is 0. The molecule has 0 atom stereocenters. The summed E-state index contributed by atoms with van der Waals surface area (Å²) in [5.74, 6) is -1.86. The Morgan fingerprint density at radius 2 is 1.73 bits per heavy atom. The number of rotatable bonds is 2. The minimum atomic E-state index is -4.90. The van der Waals surface area contributed by atoms with E-state index in [4.69, 9.17) is 0 Å². The summed E-state index contributed by atoms with van der Waals surface area (Å²) < 4.78 is 37.5. The van der Waals surface area contributed by atoms with Gasteiger partial charge in [-0.3, -0.25) is 4.79 Å². The van der Waals surface area contributed by atoms with Crippen LogP contribution in [0.2, 0.25) is 0 Å². The Labute approximate surface area is 123 Å². The van der Waals surface area contributed by atoms with Gasteiger partial charge in [0.25, 0.3) is 5.78 Å². The first kappa shape index (κ1) is 14.2. The van der Waals surface area contributed by atoms with Crippen LogP contribution in [0, 0.1) is 0 Å². The van der Waals surface area contributed by atoms with E-state index < -0.39 is 17.5 Å². The van der Waals surface area contributed by atoms with Crippen LogP contribution in [0.15, 0.2) is 48.5 Å². The quantitative estimate of drug-likeness (QED) is 0.694. The highest BCUT2D eigenvalue weighted by Gasteiger charge is 2.39. The Morgan fingerprint density at radius 1 is 1.00 bits per heavy atom. The largest absolute Gasteiger partial charge is 0.495 e. The maximum Gasteiger partial charge on any atom is 0.454 e. The average Bonchev–Trinajstić information content (AvgIpc) is 2.84. The molecule has 0 fully saturated rings. The van der Waals surface area contributed by atoms with E-state index >= 15 is 0 Å². The number of hydrogen-bond acceptors (Lipinski definition) is 2. The van der Waals surface area contributed by atoms with E-state index in [0.29, 0.717) is 16.6 Å². The predicted molar refractivity (Wildman–Crippen MR) is 75.8 cm³/mol. The van der Waals surface area contributed by atoms with E-state index in [9.17, 15) is 23.1 Å². The first-order chi connectivity index (χ1) is 10.3. The topological polar surface area (TPSA) is 53.1 Å². The number of H-pyrrole nitrogens is 1. The van der Waals surface area contributed by atoms with Crippen molar-refractivity contribution < 1.29 is 23.1 Å². The maximum absolute atomic E-state index is 12.5. The second-order valence-corrected chi connectivity index (χ2v) is 4.86. The summed E-state index contributed by atoms with van der Waals surface area (Å²) in [7, 11) is 0. The zero-order valence-electron chi connectivity index (χ0n) is 11.1. The van der Waals surface area contributed by atoms with Gasteiger partial charge in [-0.05, 0) is 23.3 Å². The van der Waals surface area contributed by atoms with E-state index in [1.54, 1.807) is 30.3 Å². The molecule has 0 amide bonds. The molecule has 2 aromatic carbocycles. The molecule has 2 N–H and O–H groups in total. The summed E-state index contributed by atoms with van der Waals surface area (Å²) in [4.78, 5) is 14.0. The highest BCUT2D eigenvalue weighted by Crippen LogP contribution is 2.28. The number of ketones is 1. The van der Waals surface area contributed by atoms with Gasteiger partial charge in [0.2, 0.25) is 0 Å². The van der Waals surface area contributed by atoms with Crippen molar-refractivity contribution in [2.45, 2.75) is 6.18 Å². The number of aromatic nitrogens is 1. The monoisotopic (exact) mass is 305 g/mol. The fourth-order valence-corrected chi connectivity index (χ4v) is 2.29. The second kappa shape index (κ2) is 4.91. The van der Waals surface area contributed by atoms with Crippen molar-refractivity contribution in [1.29, 1.82) is 0 Å². The number of alkyl halides is 3. The Kier molecular flexibility index (Phi) is 3.16. The van der Waals surface area contributed by atoms with Crippen LogP contribution in [0.1, 0.15) is 10.4 Å². The van der Waals surface area contributed by atoms with Gasteiger partial charge in [-0.2, -0.15) is 13.2 Å². The number of carbonyl (C=O) groups excluding carboxylic acids is 1. The molecule has 0 aliphatic rings. The van der Waals surface area contributed by atoms with Gasteiger partial charge in [0.15, 0.2) is 5.88 Å². The zero-order chi connectivity index (χ0) is 15.9. The third kappa shape index (κ3) is 2.55. The number of halogens is 3. The van der Waals surface area contributed by atoms with Gasteiger partial charge in [-0.1, -0.05) is 30.3 Å². The number of Topliss-reactive ketones (excluding diaryl/α,β-unsaturated/α-hetero) is 1. The summed E-state index contributed by atoms with van der Waals surface area (Å²) in [5.41, 5.74) is 1.39. The van der Waals surface area contributed by atoms with E-state index in [2.05, 4.69) is 4.98 Å². The Bertz CT molecular complexity index is 865. The van der Waals surface area contributed by atoms with Crippen LogP contribution in [0.25, 0.3) is 22.0 Å². The number of aromatic hydroxyl groups is 1. The van der Waals surface area contributed by atoms with E-state index in [0.717, 1.165) is 11.5 Å². The van der Waals surface area contributed by atoms with Gasteiger partial charge < -0.3 is 10.1 Å². The van der Waals surface area contributed by atoms with Crippen LogP contribution >= 0.6 is 0 Å². The molecule has 0 spiro atoms. The smallest absolute Gasteiger partial charge is 0.454 e. The standard InChI is InChI=1S/C16H10F3NO2/c17-16(18,19)15(22)12-3-1-2-9(6-12)10-4-5-11-8-14(21)20-13(11)7-10/h1-8,20-21H. The van der Waals surface area contributed by atoms with Gasteiger partial charge in [0.1, 0.15) is 0 Å². The molecule has 0 radical (unpaired) electrons. The summed E-state index contributed by atoms with van der Waals surface area (Å²) in [6, 6.07) is 12.1.